The summed E-state index contributed by atoms with van der Waals surface area (Å²) in [5.74, 6) is 0.269. The molecule has 1 saturated heterocycles. The van der Waals surface area contributed by atoms with Gasteiger partial charge in [-0.15, -0.1) is 0 Å². The van der Waals surface area contributed by atoms with Crippen LogP contribution in [0.15, 0.2) is 24.3 Å². The van der Waals surface area contributed by atoms with E-state index in [-0.39, 0.29) is 11.8 Å². The smallest absolute Gasteiger partial charge is 0.223 e. The fourth-order valence-corrected chi connectivity index (χ4v) is 2.49. The number of carbonyl (C=O) groups excluding carboxylic acids is 1. The Morgan fingerprint density at radius 1 is 1.42 bits per heavy atom. The van der Waals surface area contributed by atoms with Gasteiger partial charge in [-0.3, -0.25) is 4.79 Å². The number of benzene rings is 1. The van der Waals surface area contributed by atoms with Gasteiger partial charge in [-0.25, -0.2) is 0 Å². The maximum absolute atomic E-state index is 12.0. The summed E-state index contributed by atoms with van der Waals surface area (Å²) in [6, 6.07) is 7.58. The van der Waals surface area contributed by atoms with Crippen LogP contribution in [-0.2, 0) is 11.2 Å². The van der Waals surface area contributed by atoms with Crippen LogP contribution in [0, 0.1) is 5.92 Å². The second-order valence-electron chi connectivity index (χ2n) is 5.60. The van der Waals surface area contributed by atoms with Gasteiger partial charge < -0.3 is 10.0 Å². The van der Waals surface area contributed by atoms with Crippen molar-refractivity contribution in [3.8, 4) is 0 Å². The molecular weight excluding hydrogens is 262 g/mol. The van der Waals surface area contributed by atoms with Gasteiger partial charge in [0.25, 0.3) is 0 Å². The average Bonchev–Trinajstić information content (AvgIpc) is 2.33. The minimum atomic E-state index is -0.694. The molecule has 2 rings (SSSR count). The topological polar surface area (TPSA) is 40.5 Å². The molecule has 1 aromatic rings. The summed E-state index contributed by atoms with van der Waals surface area (Å²) >= 11 is 6.06. The number of likely N-dealkylation sites (tertiary alicyclic amines) is 1. The molecule has 0 atom stereocenters. The van der Waals surface area contributed by atoms with Gasteiger partial charge in [-0.1, -0.05) is 43.6 Å². The van der Waals surface area contributed by atoms with Gasteiger partial charge in [0.05, 0.1) is 13.1 Å². The standard InChI is InChI=1S/C15H20ClNO2/c1-11(2)15(19)9-17(10-15)14(18)8-7-12-5-3-4-6-13(12)16/h3-6,11,19H,7-10H2,1-2H3. The highest BCUT2D eigenvalue weighted by Gasteiger charge is 2.45. The van der Waals surface area contributed by atoms with E-state index in [4.69, 9.17) is 11.6 Å². The number of halogens is 1. The molecule has 19 heavy (non-hydrogen) atoms. The highest BCUT2D eigenvalue weighted by Crippen LogP contribution is 2.29. The summed E-state index contributed by atoms with van der Waals surface area (Å²) in [4.78, 5) is 13.7. The Morgan fingerprint density at radius 2 is 2.05 bits per heavy atom. The van der Waals surface area contributed by atoms with Crippen molar-refractivity contribution in [1.82, 2.24) is 4.90 Å². The summed E-state index contributed by atoms with van der Waals surface area (Å²) in [5, 5.41) is 10.8. The summed E-state index contributed by atoms with van der Waals surface area (Å²) < 4.78 is 0. The quantitative estimate of drug-likeness (QED) is 0.921. The molecule has 0 saturated carbocycles. The number of aryl methyl sites for hydroxylation is 1. The molecule has 1 aliphatic heterocycles. The van der Waals surface area contributed by atoms with Crippen molar-refractivity contribution in [1.29, 1.82) is 0 Å². The van der Waals surface area contributed by atoms with Crippen LogP contribution in [0.25, 0.3) is 0 Å². The molecule has 3 nitrogen and oxygen atoms in total. The first-order chi connectivity index (χ1) is 8.92. The number of rotatable bonds is 4. The second kappa shape index (κ2) is 5.51. The first-order valence-corrected chi connectivity index (χ1v) is 7.04. The van der Waals surface area contributed by atoms with E-state index in [2.05, 4.69) is 0 Å². The van der Waals surface area contributed by atoms with Crippen molar-refractivity contribution in [2.45, 2.75) is 32.3 Å². The molecule has 1 heterocycles. The van der Waals surface area contributed by atoms with E-state index in [1.807, 2.05) is 38.1 Å². The van der Waals surface area contributed by atoms with Gasteiger partial charge in [0.15, 0.2) is 0 Å². The van der Waals surface area contributed by atoms with E-state index in [0.717, 1.165) is 5.56 Å². The number of hydrogen-bond donors (Lipinski definition) is 1. The molecule has 104 valence electrons. The molecule has 1 aliphatic rings. The lowest BCUT2D eigenvalue weighted by Crippen LogP contribution is -2.65. The molecule has 0 aromatic heterocycles. The molecule has 1 amide bonds. The molecule has 0 unspecified atom stereocenters. The zero-order valence-corrected chi connectivity index (χ0v) is 12.2. The summed E-state index contributed by atoms with van der Waals surface area (Å²) in [7, 11) is 0. The third-order valence-corrected chi connectivity index (χ3v) is 4.29. The Kier molecular flexibility index (Phi) is 4.16. The minimum absolute atomic E-state index is 0.0882. The van der Waals surface area contributed by atoms with Gasteiger partial charge in [0.2, 0.25) is 5.91 Å². The fraction of sp³-hybridized carbons (Fsp3) is 0.533. The zero-order chi connectivity index (χ0) is 14.0. The first kappa shape index (κ1) is 14.4. The van der Waals surface area contributed by atoms with E-state index < -0.39 is 5.60 Å². The number of amides is 1. The fourth-order valence-electron chi connectivity index (χ4n) is 2.26. The van der Waals surface area contributed by atoms with Gasteiger partial charge in [0.1, 0.15) is 5.60 Å². The normalized spacial score (nSPS) is 17.4. The average molecular weight is 282 g/mol. The van der Waals surface area contributed by atoms with Gasteiger partial charge >= 0.3 is 0 Å². The van der Waals surface area contributed by atoms with E-state index in [1.165, 1.54) is 0 Å². The van der Waals surface area contributed by atoms with Crippen LogP contribution in [0.1, 0.15) is 25.8 Å². The summed E-state index contributed by atoms with van der Waals surface area (Å²) in [6.45, 7) is 4.86. The Hall–Kier alpha value is -1.06. The van der Waals surface area contributed by atoms with Crippen molar-refractivity contribution >= 4 is 17.5 Å². The van der Waals surface area contributed by atoms with Crippen LogP contribution in [-0.4, -0.2) is 34.6 Å². The lowest BCUT2D eigenvalue weighted by Gasteiger charge is -2.49. The predicted molar refractivity (Wildman–Crippen MR) is 76.1 cm³/mol. The Labute approximate surface area is 119 Å². The van der Waals surface area contributed by atoms with E-state index in [9.17, 15) is 9.90 Å². The van der Waals surface area contributed by atoms with Crippen LogP contribution >= 0.6 is 11.6 Å². The van der Waals surface area contributed by atoms with Crippen molar-refractivity contribution in [3.63, 3.8) is 0 Å². The summed E-state index contributed by atoms with van der Waals surface area (Å²) in [5.41, 5.74) is 0.303. The van der Waals surface area contributed by atoms with Crippen LogP contribution in [0.5, 0.6) is 0 Å². The van der Waals surface area contributed by atoms with E-state index in [1.54, 1.807) is 4.90 Å². The maximum Gasteiger partial charge on any atom is 0.223 e. The van der Waals surface area contributed by atoms with Gasteiger partial charge in [-0.05, 0) is 24.0 Å². The molecule has 1 aromatic carbocycles. The minimum Gasteiger partial charge on any atom is -0.386 e. The molecule has 1 fully saturated rings. The summed E-state index contributed by atoms with van der Waals surface area (Å²) in [6.07, 6.45) is 1.09. The van der Waals surface area contributed by atoms with Crippen molar-refractivity contribution in [2.75, 3.05) is 13.1 Å². The predicted octanol–water partition coefficient (Wildman–Crippen LogP) is 2.50. The first-order valence-electron chi connectivity index (χ1n) is 6.66. The molecule has 0 aliphatic carbocycles. The zero-order valence-electron chi connectivity index (χ0n) is 11.4. The molecule has 0 spiro atoms. The van der Waals surface area contributed by atoms with Crippen LogP contribution in [0.3, 0.4) is 0 Å². The molecule has 4 heteroatoms. The monoisotopic (exact) mass is 281 g/mol. The Bertz CT molecular complexity index is 467. The van der Waals surface area contributed by atoms with Gasteiger partial charge in [-0.2, -0.15) is 0 Å². The maximum atomic E-state index is 12.0. The van der Waals surface area contributed by atoms with E-state index in [0.29, 0.717) is 31.0 Å². The Morgan fingerprint density at radius 3 is 2.63 bits per heavy atom. The van der Waals surface area contributed by atoms with Crippen LogP contribution in [0.2, 0.25) is 5.02 Å². The molecule has 1 N–H and O–H groups in total. The SMILES string of the molecule is CC(C)C1(O)CN(C(=O)CCc2ccccc2Cl)C1. The van der Waals surface area contributed by atoms with Crippen LogP contribution < -0.4 is 0 Å². The second-order valence-corrected chi connectivity index (χ2v) is 6.01. The molecule has 0 bridgehead atoms. The Balaban J connectivity index is 1.83. The third kappa shape index (κ3) is 3.10. The van der Waals surface area contributed by atoms with Crippen LogP contribution in [0.4, 0.5) is 0 Å². The largest absolute Gasteiger partial charge is 0.386 e. The van der Waals surface area contributed by atoms with Crippen molar-refractivity contribution in [2.24, 2.45) is 5.92 Å². The van der Waals surface area contributed by atoms with Crippen molar-refractivity contribution < 1.29 is 9.90 Å². The number of aliphatic hydroxyl groups is 1. The highest BCUT2D eigenvalue weighted by molar-refractivity contribution is 6.31. The van der Waals surface area contributed by atoms with Gasteiger partial charge in [0, 0.05) is 11.4 Å². The van der Waals surface area contributed by atoms with Crippen molar-refractivity contribution in [3.05, 3.63) is 34.9 Å². The molecule has 0 radical (unpaired) electrons. The lowest BCUT2D eigenvalue weighted by atomic mass is 9.83. The molecular formula is C15H20ClNO2. The number of carbonyl (C=O) groups is 1. The van der Waals surface area contributed by atoms with E-state index >= 15 is 0 Å². The highest BCUT2D eigenvalue weighted by atomic mass is 35.5. The third-order valence-electron chi connectivity index (χ3n) is 3.92. The lowest BCUT2D eigenvalue weighted by molar-refractivity contribution is -0.163. The number of nitrogens with zero attached hydrogens (tertiary/aromatic N) is 1. The number of β-amino-alcohol motifs (C(OH)–C–C–N with tert-alkyl or cyclic N) is 1. The number of hydrogen-bond acceptors (Lipinski definition) is 2.